The van der Waals surface area contributed by atoms with Gasteiger partial charge in [0.25, 0.3) is 0 Å². The number of nitrogens with one attached hydrogen (secondary N) is 1. The van der Waals surface area contributed by atoms with Gasteiger partial charge in [0, 0.05) is 19.4 Å². The largest absolute Gasteiger partial charge is 0.478 e. The number of methoxy groups -OCH3 is 1. The molecule has 1 atom stereocenters. The van der Waals surface area contributed by atoms with Crippen LogP contribution in [-0.4, -0.2) is 30.7 Å². The molecule has 2 N–H and O–H groups in total. The molecule has 1 aromatic carbocycles. The quantitative estimate of drug-likeness (QED) is 0.884. The molecule has 1 heterocycles. The number of hydrogen-bond donors (Lipinski definition) is 2. The van der Waals surface area contributed by atoms with E-state index < -0.39 is 29.4 Å². The number of aliphatic carboxylic acids is 1. The maximum atomic E-state index is 13.3. The summed E-state index contributed by atoms with van der Waals surface area (Å²) in [6.45, 7) is -0.0897. The summed E-state index contributed by atoms with van der Waals surface area (Å²) >= 11 is 0. The summed E-state index contributed by atoms with van der Waals surface area (Å²) in [7, 11) is 1.36. The molecular formula is C14H13F2NO4. The van der Waals surface area contributed by atoms with Gasteiger partial charge in [0.2, 0.25) is 5.91 Å². The Bertz CT molecular complexity index is 627. The molecule has 1 aliphatic rings. The van der Waals surface area contributed by atoms with Gasteiger partial charge in [-0.2, -0.15) is 0 Å². The lowest BCUT2D eigenvalue weighted by molar-refractivity contribution is -0.133. The Kier molecular flexibility index (Phi) is 4.32. The standard InChI is InChI=1S/C14H13F2NO4/c1-21-6-11-13(14(19)20)8(5-12(18)17-11)7-2-3-9(15)10(16)4-7/h2-4,8H,5-6H2,1H3,(H,17,18)(H,19,20)/t8-/m1/s1. The molecule has 0 bridgehead atoms. The molecule has 21 heavy (non-hydrogen) atoms. The lowest BCUT2D eigenvalue weighted by atomic mass is 9.84. The molecule has 0 saturated carbocycles. The maximum Gasteiger partial charge on any atom is 0.334 e. The molecule has 0 spiro atoms. The van der Waals surface area contributed by atoms with Crippen LogP contribution in [0.25, 0.3) is 0 Å². The highest BCUT2D eigenvalue weighted by Crippen LogP contribution is 2.33. The number of carboxylic acid groups (broad SMARTS) is 1. The minimum absolute atomic E-state index is 0.0811. The second-order valence-electron chi connectivity index (χ2n) is 4.61. The summed E-state index contributed by atoms with van der Waals surface area (Å²) in [4.78, 5) is 23.1. The number of hydrogen-bond acceptors (Lipinski definition) is 3. The van der Waals surface area contributed by atoms with Gasteiger partial charge < -0.3 is 15.2 Å². The fraction of sp³-hybridized carbons (Fsp3) is 0.286. The van der Waals surface area contributed by atoms with Gasteiger partial charge in [-0.05, 0) is 17.7 Å². The third-order valence-corrected chi connectivity index (χ3v) is 3.22. The number of rotatable bonds is 4. The van der Waals surface area contributed by atoms with E-state index in [-0.39, 0.29) is 29.9 Å². The van der Waals surface area contributed by atoms with Gasteiger partial charge in [-0.15, -0.1) is 0 Å². The molecule has 112 valence electrons. The van der Waals surface area contributed by atoms with Gasteiger partial charge >= 0.3 is 5.97 Å². The predicted octanol–water partition coefficient (Wildman–Crippen LogP) is 1.55. The summed E-state index contributed by atoms with van der Waals surface area (Å²) in [6, 6.07) is 3.09. The Morgan fingerprint density at radius 1 is 1.43 bits per heavy atom. The SMILES string of the molecule is COCC1=C(C(=O)O)[C@@H](c2ccc(F)c(F)c2)CC(=O)N1. The van der Waals surface area contributed by atoms with Crippen molar-refractivity contribution in [1.82, 2.24) is 5.32 Å². The predicted molar refractivity (Wildman–Crippen MR) is 68.4 cm³/mol. The van der Waals surface area contributed by atoms with Crippen LogP contribution in [0.5, 0.6) is 0 Å². The molecule has 0 fully saturated rings. The van der Waals surface area contributed by atoms with E-state index in [1.807, 2.05) is 0 Å². The van der Waals surface area contributed by atoms with Crippen molar-refractivity contribution in [2.45, 2.75) is 12.3 Å². The molecule has 1 amide bonds. The lowest BCUT2D eigenvalue weighted by Gasteiger charge is -2.26. The molecule has 0 radical (unpaired) electrons. The van der Waals surface area contributed by atoms with E-state index in [0.717, 1.165) is 12.1 Å². The highest BCUT2D eigenvalue weighted by atomic mass is 19.2. The zero-order valence-corrected chi connectivity index (χ0v) is 11.2. The molecule has 0 aliphatic carbocycles. The Balaban J connectivity index is 2.52. The van der Waals surface area contributed by atoms with Crippen molar-refractivity contribution >= 4 is 11.9 Å². The lowest BCUT2D eigenvalue weighted by Crippen LogP contribution is -2.36. The van der Waals surface area contributed by atoms with E-state index in [0.29, 0.717) is 0 Å². The van der Waals surface area contributed by atoms with Crippen LogP contribution in [0.15, 0.2) is 29.5 Å². The molecule has 0 saturated heterocycles. The first-order valence-corrected chi connectivity index (χ1v) is 6.14. The number of amides is 1. The number of carboxylic acids is 1. The van der Waals surface area contributed by atoms with E-state index in [4.69, 9.17) is 4.74 Å². The molecule has 1 aliphatic heterocycles. The molecule has 0 unspecified atom stereocenters. The Morgan fingerprint density at radius 2 is 2.14 bits per heavy atom. The first-order chi connectivity index (χ1) is 9.93. The summed E-state index contributed by atoms with van der Waals surface area (Å²) in [5.41, 5.74) is 0.271. The van der Waals surface area contributed by atoms with Crippen molar-refractivity contribution in [3.05, 3.63) is 46.7 Å². The van der Waals surface area contributed by atoms with Crippen molar-refractivity contribution < 1.29 is 28.2 Å². The van der Waals surface area contributed by atoms with Crippen LogP contribution in [0.4, 0.5) is 8.78 Å². The van der Waals surface area contributed by atoms with Gasteiger partial charge in [0.1, 0.15) is 0 Å². The van der Waals surface area contributed by atoms with E-state index in [2.05, 4.69) is 5.32 Å². The van der Waals surface area contributed by atoms with E-state index in [1.165, 1.54) is 13.2 Å². The fourth-order valence-corrected chi connectivity index (χ4v) is 2.33. The number of ether oxygens (including phenoxy) is 1. The van der Waals surface area contributed by atoms with Gasteiger partial charge in [0.05, 0.1) is 17.9 Å². The Labute approximate surface area is 119 Å². The number of benzene rings is 1. The third kappa shape index (κ3) is 3.08. The summed E-state index contributed by atoms with van der Waals surface area (Å²) in [5.74, 6) is -4.61. The van der Waals surface area contributed by atoms with Crippen LogP contribution in [-0.2, 0) is 14.3 Å². The van der Waals surface area contributed by atoms with Crippen LogP contribution in [0.2, 0.25) is 0 Å². The highest BCUT2D eigenvalue weighted by molar-refractivity contribution is 5.94. The Hall–Kier alpha value is -2.28. The molecule has 1 aromatic rings. The minimum atomic E-state index is -1.24. The zero-order chi connectivity index (χ0) is 15.6. The van der Waals surface area contributed by atoms with Crippen LogP contribution in [0.3, 0.4) is 0 Å². The van der Waals surface area contributed by atoms with Crippen LogP contribution in [0, 0.1) is 11.6 Å². The van der Waals surface area contributed by atoms with Gasteiger partial charge in [-0.1, -0.05) is 6.07 Å². The molecule has 7 heteroatoms. The van der Waals surface area contributed by atoms with Crippen molar-refractivity contribution in [3.63, 3.8) is 0 Å². The summed E-state index contributed by atoms with van der Waals surface area (Å²) in [6.07, 6.45) is -0.153. The van der Waals surface area contributed by atoms with Gasteiger partial charge in [0.15, 0.2) is 11.6 Å². The van der Waals surface area contributed by atoms with Crippen molar-refractivity contribution in [2.75, 3.05) is 13.7 Å². The topological polar surface area (TPSA) is 75.6 Å². The smallest absolute Gasteiger partial charge is 0.334 e. The van der Waals surface area contributed by atoms with E-state index in [9.17, 15) is 23.5 Å². The summed E-state index contributed by atoms with van der Waals surface area (Å²) < 4.78 is 31.2. The third-order valence-electron chi connectivity index (χ3n) is 3.22. The number of carbonyl (C=O) groups is 2. The monoisotopic (exact) mass is 297 g/mol. The molecule has 5 nitrogen and oxygen atoms in total. The van der Waals surface area contributed by atoms with E-state index >= 15 is 0 Å². The van der Waals surface area contributed by atoms with Crippen molar-refractivity contribution in [3.8, 4) is 0 Å². The minimum Gasteiger partial charge on any atom is -0.478 e. The molecular weight excluding hydrogens is 284 g/mol. The average molecular weight is 297 g/mol. The van der Waals surface area contributed by atoms with Crippen LogP contribution >= 0.6 is 0 Å². The Morgan fingerprint density at radius 3 is 2.71 bits per heavy atom. The second kappa shape index (κ2) is 6.01. The first kappa shape index (κ1) is 15.1. The van der Waals surface area contributed by atoms with Gasteiger partial charge in [-0.3, -0.25) is 4.79 Å². The molecule has 0 aromatic heterocycles. The van der Waals surface area contributed by atoms with Crippen LogP contribution < -0.4 is 5.32 Å². The van der Waals surface area contributed by atoms with Crippen molar-refractivity contribution in [2.24, 2.45) is 0 Å². The first-order valence-electron chi connectivity index (χ1n) is 6.14. The maximum absolute atomic E-state index is 13.3. The second-order valence-corrected chi connectivity index (χ2v) is 4.61. The van der Waals surface area contributed by atoms with Crippen molar-refractivity contribution in [1.29, 1.82) is 0 Å². The molecule has 2 rings (SSSR count). The fourth-order valence-electron chi connectivity index (χ4n) is 2.33. The summed E-state index contributed by atoms with van der Waals surface area (Å²) in [5, 5.41) is 11.8. The normalized spacial score (nSPS) is 18.6. The number of halogens is 2. The van der Waals surface area contributed by atoms with Crippen LogP contribution in [0.1, 0.15) is 17.9 Å². The van der Waals surface area contributed by atoms with Gasteiger partial charge in [-0.25, -0.2) is 13.6 Å². The number of carbonyl (C=O) groups excluding carboxylic acids is 1. The average Bonchev–Trinajstić information content (AvgIpc) is 2.41. The van der Waals surface area contributed by atoms with E-state index in [1.54, 1.807) is 0 Å². The highest BCUT2D eigenvalue weighted by Gasteiger charge is 2.33. The zero-order valence-electron chi connectivity index (χ0n) is 11.2.